The molecule has 2 aliphatic rings. The molecule has 2 aromatic carbocycles. The maximum atomic E-state index is 2.69. The predicted octanol–water partition coefficient (Wildman–Crippen LogP) is 6.07. The summed E-state index contributed by atoms with van der Waals surface area (Å²) in [7, 11) is 0. The second-order valence-electron chi connectivity index (χ2n) is 9.97. The van der Waals surface area contributed by atoms with E-state index in [-0.39, 0.29) is 0 Å². The minimum atomic E-state index is 0.985. The Kier molecular flexibility index (Phi) is 9.03. The van der Waals surface area contributed by atoms with Gasteiger partial charge in [-0.1, -0.05) is 79.9 Å². The van der Waals surface area contributed by atoms with Crippen molar-refractivity contribution >= 4 is 0 Å². The number of hydrogen-bond acceptors (Lipinski definition) is 2. The first-order valence-corrected chi connectivity index (χ1v) is 12.9. The zero-order valence-electron chi connectivity index (χ0n) is 19.4. The molecule has 2 fully saturated rings. The Balaban J connectivity index is 1.03. The van der Waals surface area contributed by atoms with Crippen molar-refractivity contribution in [1.82, 2.24) is 9.80 Å². The van der Waals surface area contributed by atoms with Crippen LogP contribution in [0.15, 0.2) is 60.7 Å². The van der Waals surface area contributed by atoms with Gasteiger partial charge in [-0.05, 0) is 87.7 Å². The third-order valence-electron chi connectivity index (χ3n) is 7.76. The van der Waals surface area contributed by atoms with Crippen LogP contribution in [0.5, 0.6) is 0 Å². The van der Waals surface area contributed by atoms with Gasteiger partial charge >= 0.3 is 0 Å². The van der Waals surface area contributed by atoms with E-state index in [1.165, 1.54) is 108 Å². The quantitative estimate of drug-likeness (QED) is 0.462. The third kappa shape index (κ3) is 7.77. The molecule has 0 spiro atoms. The maximum Gasteiger partial charge on any atom is 0.00218 e. The van der Waals surface area contributed by atoms with Crippen molar-refractivity contribution in [3.05, 3.63) is 71.8 Å². The Bertz CT molecular complexity index is 649. The Hall–Kier alpha value is -1.64. The minimum absolute atomic E-state index is 0.985. The fourth-order valence-electron chi connectivity index (χ4n) is 5.56. The summed E-state index contributed by atoms with van der Waals surface area (Å²) >= 11 is 0. The van der Waals surface area contributed by atoms with Gasteiger partial charge in [0.1, 0.15) is 0 Å². The Morgan fingerprint density at radius 2 is 0.935 bits per heavy atom. The summed E-state index contributed by atoms with van der Waals surface area (Å²) in [5.41, 5.74) is 2.96. The lowest BCUT2D eigenvalue weighted by atomic mass is 9.86. The van der Waals surface area contributed by atoms with E-state index in [0.717, 1.165) is 11.8 Å². The lowest BCUT2D eigenvalue weighted by molar-refractivity contribution is 0.164. The van der Waals surface area contributed by atoms with Crippen molar-refractivity contribution in [2.45, 2.75) is 57.8 Å². The molecule has 0 bridgehead atoms. The summed E-state index contributed by atoms with van der Waals surface area (Å²) in [6.45, 7) is 7.74. The SMILES string of the molecule is c1ccc(CCN2CCC(CCCC3CCN(CCc4ccccc4)CC3)CC2)cc1. The second kappa shape index (κ2) is 12.4. The number of likely N-dealkylation sites (tertiary alicyclic amines) is 2. The molecule has 0 aromatic heterocycles. The largest absolute Gasteiger partial charge is 0.303 e. The molecule has 2 aliphatic heterocycles. The highest BCUT2D eigenvalue weighted by atomic mass is 15.1. The Morgan fingerprint density at radius 3 is 1.32 bits per heavy atom. The molecule has 2 heterocycles. The van der Waals surface area contributed by atoms with Gasteiger partial charge in [0.2, 0.25) is 0 Å². The molecule has 0 saturated carbocycles. The van der Waals surface area contributed by atoms with E-state index in [4.69, 9.17) is 0 Å². The summed E-state index contributed by atoms with van der Waals surface area (Å²) < 4.78 is 0. The van der Waals surface area contributed by atoms with Gasteiger partial charge in [0.25, 0.3) is 0 Å². The highest BCUT2D eigenvalue weighted by molar-refractivity contribution is 5.15. The van der Waals surface area contributed by atoms with Crippen LogP contribution in [-0.2, 0) is 12.8 Å². The maximum absolute atomic E-state index is 2.69. The minimum Gasteiger partial charge on any atom is -0.303 e. The van der Waals surface area contributed by atoms with Crippen LogP contribution >= 0.6 is 0 Å². The molecular weight excluding hydrogens is 376 g/mol. The van der Waals surface area contributed by atoms with Gasteiger partial charge in [0.05, 0.1) is 0 Å². The van der Waals surface area contributed by atoms with Crippen LogP contribution in [0.4, 0.5) is 0 Å². The van der Waals surface area contributed by atoms with E-state index in [0.29, 0.717) is 0 Å². The molecule has 0 radical (unpaired) electrons. The highest BCUT2D eigenvalue weighted by Gasteiger charge is 2.21. The van der Waals surface area contributed by atoms with Crippen LogP contribution in [0.1, 0.15) is 56.1 Å². The molecule has 4 rings (SSSR count). The molecule has 2 nitrogen and oxygen atoms in total. The number of rotatable bonds is 10. The van der Waals surface area contributed by atoms with Gasteiger partial charge < -0.3 is 9.80 Å². The first kappa shape index (κ1) is 22.6. The third-order valence-corrected chi connectivity index (χ3v) is 7.76. The first-order valence-electron chi connectivity index (χ1n) is 12.9. The molecule has 2 aromatic rings. The second-order valence-corrected chi connectivity index (χ2v) is 9.97. The molecule has 0 atom stereocenters. The zero-order valence-corrected chi connectivity index (χ0v) is 19.4. The van der Waals surface area contributed by atoms with Gasteiger partial charge in [-0.2, -0.15) is 0 Å². The molecule has 2 heteroatoms. The van der Waals surface area contributed by atoms with Crippen LogP contribution in [0, 0.1) is 11.8 Å². The van der Waals surface area contributed by atoms with Crippen LogP contribution in [0.2, 0.25) is 0 Å². The number of benzene rings is 2. The monoisotopic (exact) mass is 418 g/mol. The summed E-state index contributed by atoms with van der Waals surface area (Å²) in [5, 5.41) is 0. The van der Waals surface area contributed by atoms with Crippen molar-refractivity contribution in [1.29, 1.82) is 0 Å². The van der Waals surface area contributed by atoms with E-state index in [1.807, 2.05) is 0 Å². The van der Waals surface area contributed by atoms with Gasteiger partial charge in [-0.25, -0.2) is 0 Å². The summed E-state index contributed by atoms with van der Waals surface area (Å²) in [6, 6.07) is 21.9. The summed E-state index contributed by atoms with van der Waals surface area (Å²) in [4.78, 5) is 5.38. The number of piperidine rings is 2. The Morgan fingerprint density at radius 1 is 0.548 bits per heavy atom. The molecule has 168 valence electrons. The summed E-state index contributed by atoms with van der Waals surface area (Å²) in [6.07, 6.45) is 12.5. The first-order chi connectivity index (χ1) is 15.3. The molecule has 0 amide bonds. The van der Waals surface area contributed by atoms with Crippen molar-refractivity contribution in [3.8, 4) is 0 Å². The summed E-state index contributed by atoms with van der Waals surface area (Å²) in [5.74, 6) is 1.97. The van der Waals surface area contributed by atoms with E-state index in [1.54, 1.807) is 0 Å². The van der Waals surface area contributed by atoms with Gasteiger partial charge in [0, 0.05) is 13.1 Å². The Labute approximate surface area is 190 Å². The van der Waals surface area contributed by atoms with Crippen molar-refractivity contribution < 1.29 is 0 Å². The fourth-order valence-corrected chi connectivity index (χ4v) is 5.56. The van der Waals surface area contributed by atoms with E-state index in [9.17, 15) is 0 Å². The highest BCUT2D eigenvalue weighted by Crippen LogP contribution is 2.27. The predicted molar refractivity (Wildman–Crippen MR) is 132 cm³/mol. The molecule has 0 aliphatic carbocycles. The van der Waals surface area contributed by atoms with Crippen molar-refractivity contribution in [2.75, 3.05) is 39.3 Å². The van der Waals surface area contributed by atoms with E-state index >= 15 is 0 Å². The van der Waals surface area contributed by atoms with Gasteiger partial charge in [-0.15, -0.1) is 0 Å². The number of nitrogens with zero attached hydrogens (tertiary/aromatic N) is 2. The molecular formula is C29H42N2. The molecule has 0 unspecified atom stereocenters. The lowest BCUT2D eigenvalue weighted by Crippen LogP contribution is -2.35. The topological polar surface area (TPSA) is 6.48 Å². The van der Waals surface area contributed by atoms with E-state index in [2.05, 4.69) is 70.5 Å². The van der Waals surface area contributed by atoms with Gasteiger partial charge in [-0.3, -0.25) is 0 Å². The van der Waals surface area contributed by atoms with Crippen LogP contribution in [-0.4, -0.2) is 49.1 Å². The van der Waals surface area contributed by atoms with Crippen molar-refractivity contribution in [3.63, 3.8) is 0 Å². The average molecular weight is 419 g/mol. The molecule has 2 saturated heterocycles. The lowest BCUT2D eigenvalue weighted by Gasteiger charge is -2.33. The van der Waals surface area contributed by atoms with Gasteiger partial charge in [0.15, 0.2) is 0 Å². The number of hydrogen-bond donors (Lipinski definition) is 0. The fraction of sp³-hybridized carbons (Fsp3) is 0.586. The normalized spacial score (nSPS) is 19.6. The van der Waals surface area contributed by atoms with Crippen LogP contribution in [0.25, 0.3) is 0 Å². The smallest absolute Gasteiger partial charge is 0.00218 e. The van der Waals surface area contributed by atoms with E-state index < -0.39 is 0 Å². The standard InChI is InChI=1S/C29H42N2/c1-3-8-26(9-4-1)14-20-30-22-16-28(17-23-30)12-7-13-29-18-24-31(25-19-29)21-15-27-10-5-2-6-11-27/h1-6,8-11,28-29H,7,12-25H2. The average Bonchev–Trinajstić information content (AvgIpc) is 2.84. The molecule has 31 heavy (non-hydrogen) atoms. The van der Waals surface area contributed by atoms with Crippen LogP contribution in [0.3, 0.4) is 0 Å². The zero-order chi connectivity index (χ0) is 21.1. The van der Waals surface area contributed by atoms with Crippen molar-refractivity contribution in [2.24, 2.45) is 11.8 Å². The molecule has 0 N–H and O–H groups in total. The van der Waals surface area contributed by atoms with Crippen LogP contribution < -0.4 is 0 Å².